The predicted octanol–water partition coefficient (Wildman–Crippen LogP) is 1.70. The average molecular weight is 264 g/mol. The molecule has 0 aliphatic rings. The number of aryl methyl sites for hydroxylation is 2. The van der Waals surface area contributed by atoms with E-state index in [1.165, 1.54) is 0 Å². The summed E-state index contributed by atoms with van der Waals surface area (Å²) in [6.45, 7) is 8.47. The Kier molecular flexibility index (Phi) is 4.52. The molecule has 0 bridgehead atoms. The smallest absolute Gasteiger partial charge is 0.225 e. The minimum Gasteiger partial charge on any atom is -0.475 e. The number of pyridine rings is 1. The molecule has 0 atom stereocenters. The first-order valence-corrected chi connectivity index (χ1v) is 6.28. The van der Waals surface area contributed by atoms with Gasteiger partial charge in [-0.05, 0) is 53.4 Å². The number of likely N-dealkylation sites (N-methyl/N-ethyl adjacent to an activating group) is 1. The number of rotatable bonds is 5. The van der Waals surface area contributed by atoms with Crippen molar-refractivity contribution in [1.29, 1.82) is 5.41 Å². The summed E-state index contributed by atoms with van der Waals surface area (Å²) in [5, 5.41) is 7.65. The lowest BCUT2D eigenvalue weighted by Crippen LogP contribution is -2.43. The first-order chi connectivity index (χ1) is 8.65. The van der Waals surface area contributed by atoms with Gasteiger partial charge < -0.3 is 15.4 Å². The molecule has 0 saturated carbocycles. The first kappa shape index (κ1) is 15.4. The molecule has 0 fully saturated rings. The second-order valence-electron chi connectivity index (χ2n) is 5.67. The molecule has 19 heavy (non-hydrogen) atoms. The molecule has 0 radical (unpaired) electrons. The van der Waals surface area contributed by atoms with Crippen molar-refractivity contribution in [2.45, 2.75) is 33.2 Å². The lowest BCUT2D eigenvalue weighted by molar-refractivity contribution is 0.111. The SMILES string of the molecule is Cc1cc(C)c(C(=N)N)c(OCC(C)(C)N(C)C)n1. The molecule has 0 amide bonds. The van der Waals surface area contributed by atoms with Crippen LogP contribution in [0, 0.1) is 19.3 Å². The van der Waals surface area contributed by atoms with E-state index in [1.54, 1.807) is 0 Å². The standard InChI is InChI=1S/C14H24N4O/c1-9-7-10(2)17-13(11(9)12(15)16)19-8-14(3,4)18(5)6/h7H,8H2,1-6H3,(H3,15,16). The zero-order valence-corrected chi connectivity index (χ0v) is 12.7. The van der Waals surface area contributed by atoms with Gasteiger partial charge >= 0.3 is 0 Å². The van der Waals surface area contributed by atoms with Gasteiger partial charge in [-0.15, -0.1) is 0 Å². The van der Waals surface area contributed by atoms with Crippen LogP contribution in [0.1, 0.15) is 30.7 Å². The number of ether oxygens (including phenoxy) is 1. The zero-order valence-electron chi connectivity index (χ0n) is 12.7. The van der Waals surface area contributed by atoms with E-state index in [4.69, 9.17) is 15.9 Å². The summed E-state index contributed by atoms with van der Waals surface area (Å²) in [6.07, 6.45) is 0. The number of amidine groups is 1. The van der Waals surface area contributed by atoms with Crippen LogP contribution in [0.3, 0.4) is 0 Å². The van der Waals surface area contributed by atoms with Crippen LogP contribution in [0.2, 0.25) is 0 Å². The second-order valence-corrected chi connectivity index (χ2v) is 5.67. The minimum atomic E-state index is -0.118. The van der Waals surface area contributed by atoms with E-state index in [1.807, 2.05) is 34.0 Å². The van der Waals surface area contributed by atoms with Crippen molar-refractivity contribution in [2.75, 3.05) is 20.7 Å². The minimum absolute atomic E-state index is 0.0114. The summed E-state index contributed by atoms with van der Waals surface area (Å²) in [6, 6.07) is 1.90. The van der Waals surface area contributed by atoms with Gasteiger partial charge in [0.1, 0.15) is 12.4 Å². The molecule has 5 heteroatoms. The topological polar surface area (TPSA) is 75.2 Å². The predicted molar refractivity (Wildman–Crippen MR) is 78.0 cm³/mol. The third-order valence-electron chi connectivity index (χ3n) is 3.35. The highest BCUT2D eigenvalue weighted by Gasteiger charge is 2.23. The maximum absolute atomic E-state index is 7.65. The van der Waals surface area contributed by atoms with Crippen molar-refractivity contribution < 1.29 is 4.74 Å². The van der Waals surface area contributed by atoms with Gasteiger partial charge in [0.05, 0.1) is 5.56 Å². The third kappa shape index (κ3) is 3.67. The Balaban J connectivity index is 3.04. The van der Waals surface area contributed by atoms with Crippen LogP contribution in [-0.2, 0) is 0 Å². The van der Waals surface area contributed by atoms with E-state index in [-0.39, 0.29) is 11.4 Å². The van der Waals surface area contributed by atoms with Crippen molar-refractivity contribution in [2.24, 2.45) is 5.73 Å². The van der Waals surface area contributed by atoms with Gasteiger partial charge in [0, 0.05) is 11.2 Å². The number of aromatic nitrogens is 1. The largest absolute Gasteiger partial charge is 0.475 e. The van der Waals surface area contributed by atoms with Crippen LogP contribution in [0.25, 0.3) is 0 Å². The molecule has 0 aromatic carbocycles. The molecule has 0 saturated heterocycles. The number of nitrogens with one attached hydrogen (secondary N) is 1. The second kappa shape index (κ2) is 5.57. The van der Waals surface area contributed by atoms with E-state index in [9.17, 15) is 0 Å². The van der Waals surface area contributed by atoms with Crippen molar-refractivity contribution in [3.05, 3.63) is 22.9 Å². The van der Waals surface area contributed by atoms with Crippen molar-refractivity contribution in [3.63, 3.8) is 0 Å². The van der Waals surface area contributed by atoms with Gasteiger partial charge in [-0.3, -0.25) is 5.41 Å². The van der Waals surface area contributed by atoms with Crippen molar-refractivity contribution in [3.8, 4) is 5.88 Å². The molecule has 1 heterocycles. The molecular weight excluding hydrogens is 240 g/mol. The van der Waals surface area contributed by atoms with Crippen molar-refractivity contribution >= 4 is 5.84 Å². The average Bonchev–Trinajstić information content (AvgIpc) is 2.24. The van der Waals surface area contributed by atoms with Crippen molar-refractivity contribution in [1.82, 2.24) is 9.88 Å². The first-order valence-electron chi connectivity index (χ1n) is 6.28. The number of hydrogen-bond donors (Lipinski definition) is 2. The quantitative estimate of drug-likeness (QED) is 0.627. The summed E-state index contributed by atoms with van der Waals surface area (Å²) in [5.74, 6) is 0.433. The Labute approximate surface area is 115 Å². The molecule has 0 unspecified atom stereocenters. The molecule has 0 aliphatic heterocycles. The van der Waals surface area contributed by atoms with Gasteiger partial charge in [0.15, 0.2) is 0 Å². The fraction of sp³-hybridized carbons (Fsp3) is 0.571. The lowest BCUT2D eigenvalue weighted by atomic mass is 10.1. The fourth-order valence-corrected chi connectivity index (χ4v) is 1.61. The molecular formula is C14H24N4O. The maximum atomic E-state index is 7.65. The van der Waals surface area contributed by atoms with Crippen LogP contribution in [0.15, 0.2) is 6.07 Å². The molecule has 106 valence electrons. The third-order valence-corrected chi connectivity index (χ3v) is 3.35. The Morgan fingerprint density at radius 3 is 2.47 bits per heavy atom. The Morgan fingerprint density at radius 2 is 2.00 bits per heavy atom. The van der Waals surface area contributed by atoms with Gasteiger partial charge in [0.25, 0.3) is 0 Å². The molecule has 1 rings (SSSR count). The van der Waals surface area contributed by atoms with Gasteiger partial charge in [-0.2, -0.15) is 0 Å². The number of nitrogens with two attached hydrogens (primary N) is 1. The number of nitrogens with zero attached hydrogens (tertiary/aromatic N) is 2. The summed E-state index contributed by atoms with van der Waals surface area (Å²) >= 11 is 0. The van der Waals surface area contributed by atoms with E-state index in [0.29, 0.717) is 18.1 Å². The van der Waals surface area contributed by atoms with Gasteiger partial charge in [0.2, 0.25) is 5.88 Å². The summed E-state index contributed by atoms with van der Waals surface area (Å²) in [5.41, 5.74) is 7.86. The van der Waals surface area contributed by atoms with E-state index >= 15 is 0 Å². The van der Waals surface area contributed by atoms with E-state index < -0.39 is 0 Å². The molecule has 0 spiro atoms. The van der Waals surface area contributed by atoms with E-state index in [2.05, 4.69) is 23.7 Å². The number of nitrogen functional groups attached to an aromatic ring is 1. The van der Waals surface area contributed by atoms with Crippen LogP contribution in [0.5, 0.6) is 5.88 Å². The normalized spacial score (nSPS) is 11.7. The molecule has 1 aromatic heterocycles. The van der Waals surface area contributed by atoms with Gasteiger partial charge in [-0.25, -0.2) is 4.98 Å². The van der Waals surface area contributed by atoms with E-state index in [0.717, 1.165) is 11.3 Å². The van der Waals surface area contributed by atoms with Crippen LogP contribution in [-0.4, -0.2) is 42.0 Å². The Hall–Kier alpha value is -1.62. The highest BCUT2D eigenvalue weighted by molar-refractivity contribution is 5.98. The molecule has 0 aliphatic carbocycles. The van der Waals surface area contributed by atoms with Crippen LogP contribution in [0.4, 0.5) is 0 Å². The fourth-order valence-electron chi connectivity index (χ4n) is 1.61. The van der Waals surface area contributed by atoms with Gasteiger partial charge in [-0.1, -0.05) is 0 Å². The van der Waals surface area contributed by atoms with Crippen LogP contribution >= 0.6 is 0 Å². The zero-order chi connectivity index (χ0) is 14.8. The summed E-state index contributed by atoms with van der Waals surface area (Å²) < 4.78 is 5.81. The monoisotopic (exact) mass is 264 g/mol. The maximum Gasteiger partial charge on any atom is 0.225 e. The lowest BCUT2D eigenvalue weighted by Gasteiger charge is -2.32. The molecule has 5 nitrogen and oxygen atoms in total. The summed E-state index contributed by atoms with van der Waals surface area (Å²) in [4.78, 5) is 6.44. The highest BCUT2D eigenvalue weighted by atomic mass is 16.5. The Morgan fingerprint density at radius 1 is 1.42 bits per heavy atom. The molecule has 1 aromatic rings. The summed E-state index contributed by atoms with van der Waals surface area (Å²) in [7, 11) is 4.01. The molecule has 3 N–H and O–H groups in total. The van der Waals surface area contributed by atoms with Crippen LogP contribution < -0.4 is 10.5 Å². The highest BCUT2D eigenvalue weighted by Crippen LogP contribution is 2.22. The Bertz CT molecular complexity index is 481. The number of hydrogen-bond acceptors (Lipinski definition) is 4.